The Labute approximate surface area is 97.4 Å². The summed E-state index contributed by atoms with van der Waals surface area (Å²) >= 11 is 0. The van der Waals surface area contributed by atoms with Gasteiger partial charge in [0.1, 0.15) is 0 Å². The molecule has 1 heterocycles. The third-order valence-corrected chi connectivity index (χ3v) is 2.89. The molecule has 1 aliphatic rings. The average Bonchev–Trinajstić information content (AvgIpc) is 2.30. The standard InChI is InChI=1S/C13H20N2O/c1-15-8-7-14-13(9-15)11-16-10-12-5-3-2-4-6-12/h2-6,13-14H,7-11H2,1H3/t13-/m0/s1. The largest absolute Gasteiger partial charge is 0.375 e. The summed E-state index contributed by atoms with van der Waals surface area (Å²) in [5.74, 6) is 0. The molecular weight excluding hydrogens is 200 g/mol. The molecule has 1 aromatic carbocycles. The molecule has 3 nitrogen and oxygen atoms in total. The number of ether oxygens (including phenoxy) is 1. The second kappa shape index (κ2) is 5.99. The second-order valence-corrected chi connectivity index (χ2v) is 4.41. The van der Waals surface area contributed by atoms with Crippen LogP contribution in [0.25, 0.3) is 0 Å². The van der Waals surface area contributed by atoms with Crippen LogP contribution in [0.1, 0.15) is 5.56 Å². The molecule has 0 bridgehead atoms. The Morgan fingerprint density at radius 3 is 2.94 bits per heavy atom. The van der Waals surface area contributed by atoms with Gasteiger partial charge in [0, 0.05) is 25.7 Å². The van der Waals surface area contributed by atoms with Crippen molar-refractivity contribution in [3.8, 4) is 0 Å². The first kappa shape index (κ1) is 11.6. The Morgan fingerprint density at radius 1 is 1.38 bits per heavy atom. The molecule has 0 saturated carbocycles. The van der Waals surface area contributed by atoms with E-state index in [1.165, 1.54) is 5.56 Å². The first-order valence-corrected chi connectivity index (χ1v) is 5.88. The third-order valence-electron chi connectivity index (χ3n) is 2.89. The van der Waals surface area contributed by atoms with E-state index in [9.17, 15) is 0 Å². The Hall–Kier alpha value is -0.900. The molecule has 1 aliphatic heterocycles. The van der Waals surface area contributed by atoms with Gasteiger partial charge >= 0.3 is 0 Å². The van der Waals surface area contributed by atoms with E-state index in [1.807, 2.05) is 18.2 Å². The molecule has 2 rings (SSSR count). The number of nitrogens with zero attached hydrogens (tertiary/aromatic N) is 1. The summed E-state index contributed by atoms with van der Waals surface area (Å²) in [5.41, 5.74) is 1.24. The first-order chi connectivity index (χ1) is 7.84. The minimum absolute atomic E-state index is 0.475. The molecule has 0 radical (unpaired) electrons. The van der Waals surface area contributed by atoms with Gasteiger partial charge in [0.2, 0.25) is 0 Å². The van der Waals surface area contributed by atoms with Crippen LogP contribution >= 0.6 is 0 Å². The summed E-state index contributed by atoms with van der Waals surface area (Å²) in [6.45, 7) is 4.78. The van der Waals surface area contributed by atoms with Crippen LogP contribution in [0, 0.1) is 0 Å². The number of nitrogens with one attached hydrogen (secondary N) is 1. The molecule has 1 saturated heterocycles. The normalized spacial score (nSPS) is 22.2. The molecule has 0 unspecified atom stereocenters. The molecule has 0 aliphatic carbocycles. The molecule has 1 aromatic rings. The minimum Gasteiger partial charge on any atom is -0.375 e. The van der Waals surface area contributed by atoms with Crippen LogP contribution in [0.3, 0.4) is 0 Å². The van der Waals surface area contributed by atoms with Crippen molar-refractivity contribution in [1.82, 2.24) is 10.2 Å². The monoisotopic (exact) mass is 220 g/mol. The predicted octanol–water partition coefficient (Wildman–Crippen LogP) is 1.11. The molecule has 0 aromatic heterocycles. The van der Waals surface area contributed by atoms with E-state index in [1.54, 1.807) is 0 Å². The van der Waals surface area contributed by atoms with E-state index < -0.39 is 0 Å². The van der Waals surface area contributed by atoms with Crippen LogP contribution in [-0.2, 0) is 11.3 Å². The van der Waals surface area contributed by atoms with Crippen molar-refractivity contribution in [2.45, 2.75) is 12.6 Å². The highest BCUT2D eigenvalue weighted by Gasteiger charge is 2.15. The van der Waals surface area contributed by atoms with Gasteiger partial charge in [-0.25, -0.2) is 0 Å². The van der Waals surface area contributed by atoms with E-state index >= 15 is 0 Å². The van der Waals surface area contributed by atoms with E-state index in [-0.39, 0.29) is 0 Å². The van der Waals surface area contributed by atoms with Gasteiger partial charge in [-0.05, 0) is 12.6 Å². The van der Waals surface area contributed by atoms with Gasteiger partial charge < -0.3 is 15.0 Å². The van der Waals surface area contributed by atoms with Crippen molar-refractivity contribution in [3.63, 3.8) is 0 Å². The van der Waals surface area contributed by atoms with Crippen LogP contribution in [0.4, 0.5) is 0 Å². The Bertz CT molecular complexity index is 302. The zero-order valence-corrected chi connectivity index (χ0v) is 9.86. The SMILES string of the molecule is CN1CCN[C@H](COCc2ccccc2)C1. The van der Waals surface area contributed by atoms with Crippen LogP contribution in [0.2, 0.25) is 0 Å². The van der Waals surface area contributed by atoms with E-state index in [0.29, 0.717) is 12.6 Å². The average molecular weight is 220 g/mol. The van der Waals surface area contributed by atoms with Gasteiger partial charge in [0.15, 0.2) is 0 Å². The number of benzene rings is 1. The van der Waals surface area contributed by atoms with Crippen molar-refractivity contribution in [1.29, 1.82) is 0 Å². The Balaban J connectivity index is 1.68. The van der Waals surface area contributed by atoms with Gasteiger partial charge in [-0.2, -0.15) is 0 Å². The van der Waals surface area contributed by atoms with E-state index in [4.69, 9.17) is 4.74 Å². The van der Waals surface area contributed by atoms with Gasteiger partial charge in [-0.15, -0.1) is 0 Å². The van der Waals surface area contributed by atoms with Crippen LogP contribution in [-0.4, -0.2) is 44.2 Å². The first-order valence-electron chi connectivity index (χ1n) is 5.88. The number of hydrogen-bond acceptors (Lipinski definition) is 3. The topological polar surface area (TPSA) is 24.5 Å². The molecule has 0 amide bonds. The highest BCUT2D eigenvalue weighted by Crippen LogP contribution is 2.02. The maximum atomic E-state index is 5.72. The molecular formula is C13H20N2O. The van der Waals surface area contributed by atoms with Crippen LogP contribution in [0.5, 0.6) is 0 Å². The smallest absolute Gasteiger partial charge is 0.0717 e. The second-order valence-electron chi connectivity index (χ2n) is 4.41. The Kier molecular flexibility index (Phi) is 4.34. The fourth-order valence-corrected chi connectivity index (χ4v) is 2.00. The maximum Gasteiger partial charge on any atom is 0.0717 e. The summed E-state index contributed by atoms with van der Waals surface area (Å²) < 4.78 is 5.72. The molecule has 16 heavy (non-hydrogen) atoms. The summed E-state index contributed by atoms with van der Waals surface area (Å²) in [4.78, 5) is 2.34. The fourth-order valence-electron chi connectivity index (χ4n) is 2.00. The quantitative estimate of drug-likeness (QED) is 0.822. The van der Waals surface area contributed by atoms with Gasteiger partial charge in [-0.1, -0.05) is 30.3 Å². The molecule has 1 atom stereocenters. The van der Waals surface area contributed by atoms with Crippen molar-refractivity contribution in [2.75, 3.05) is 33.3 Å². The lowest BCUT2D eigenvalue weighted by Crippen LogP contribution is -2.51. The van der Waals surface area contributed by atoms with E-state index in [0.717, 1.165) is 26.2 Å². The lowest BCUT2D eigenvalue weighted by molar-refractivity contribution is 0.0776. The lowest BCUT2D eigenvalue weighted by Gasteiger charge is -2.30. The van der Waals surface area contributed by atoms with Crippen molar-refractivity contribution in [3.05, 3.63) is 35.9 Å². The highest BCUT2D eigenvalue weighted by molar-refractivity contribution is 5.13. The summed E-state index contributed by atoms with van der Waals surface area (Å²) in [6.07, 6.45) is 0. The van der Waals surface area contributed by atoms with Gasteiger partial charge in [0.25, 0.3) is 0 Å². The van der Waals surface area contributed by atoms with Crippen molar-refractivity contribution < 1.29 is 4.74 Å². The summed E-state index contributed by atoms with van der Waals surface area (Å²) in [6, 6.07) is 10.8. The number of piperazine rings is 1. The predicted molar refractivity (Wildman–Crippen MR) is 65.4 cm³/mol. The van der Waals surface area contributed by atoms with Crippen LogP contribution in [0.15, 0.2) is 30.3 Å². The maximum absolute atomic E-state index is 5.72. The van der Waals surface area contributed by atoms with Gasteiger partial charge in [0.05, 0.1) is 13.2 Å². The molecule has 1 fully saturated rings. The zero-order valence-electron chi connectivity index (χ0n) is 9.86. The third kappa shape index (κ3) is 3.59. The summed E-state index contributed by atoms with van der Waals surface area (Å²) in [5, 5.41) is 3.47. The van der Waals surface area contributed by atoms with Crippen molar-refractivity contribution >= 4 is 0 Å². The highest BCUT2D eigenvalue weighted by atomic mass is 16.5. The minimum atomic E-state index is 0.475. The zero-order chi connectivity index (χ0) is 11.2. The number of hydrogen-bond donors (Lipinski definition) is 1. The number of likely N-dealkylation sites (N-methyl/N-ethyl adjacent to an activating group) is 1. The van der Waals surface area contributed by atoms with E-state index in [2.05, 4.69) is 29.4 Å². The van der Waals surface area contributed by atoms with Crippen LogP contribution < -0.4 is 5.32 Å². The number of rotatable bonds is 4. The Morgan fingerprint density at radius 2 is 2.19 bits per heavy atom. The lowest BCUT2D eigenvalue weighted by atomic mass is 10.2. The van der Waals surface area contributed by atoms with Crippen molar-refractivity contribution in [2.24, 2.45) is 0 Å². The van der Waals surface area contributed by atoms with Gasteiger partial charge in [-0.3, -0.25) is 0 Å². The molecule has 3 heteroatoms. The molecule has 1 N–H and O–H groups in total. The fraction of sp³-hybridized carbons (Fsp3) is 0.538. The summed E-state index contributed by atoms with van der Waals surface area (Å²) in [7, 11) is 2.16. The molecule has 0 spiro atoms. The molecule has 88 valence electrons.